The van der Waals surface area contributed by atoms with Gasteiger partial charge < -0.3 is 10.3 Å². The maximum Gasteiger partial charge on any atom is 0.251 e. The molecule has 1 fully saturated rings. The molecule has 0 saturated carbocycles. The van der Waals surface area contributed by atoms with Gasteiger partial charge in [-0.2, -0.15) is 4.31 Å². The van der Waals surface area contributed by atoms with Crippen molar-refractivity contribution in [2.24, 2.45) is 0 Å². The second-order valence-corrected chi connectivity index (χ2v) is 8.66. The fraction of sp³-hybridized carbons (Fsp3) is 0.250. The third-order valence-electron chi connectivity index (χ3n) is 4.90. The van der Waals surface area contributed by atoms with E-state index >= 15 is 0 Å². The van der Waals surface area contributed by atoms with E-state index in [0.717, 1.165) is 29.3 Å². The zero-order valence-corrected chi connectivity index (χ0v) is 15.6. The van der Waals surface area contributed by atoms with Crippen LogP contribution in [0.25, 0.3) is 10.9 Å². The van der Waals surface area contributed by atoms with E-state index in [4.69, 9.17) is 0 Å². The molecule has 4 rings (SSSR count). The molecule has 6 nitrogen and oxygen atoms in total. The van der Waals surface area contributed by atoms with Crippen LogP contribution in [0.3, 0.4) is 0 Å². The molecule has 2 aromatic carbocycles. The first kappa shape index (κ1) is 17.8. The molecule has 2 heterocycles. The second-order valence-electron chi connectivity index (χ2n) is 6.72. The van der Waals surface area contributed by atoms with E-state index in [1.54, 1.807) is 30.3 Å². The number of carbonyl (C=O) groups excluding carboxylic acids is 1. The average Bonchev–Trinajstić information content (AvgIpc) is 3.37. The average molecular weight is 383 g/mol. The van der Waals surface area contributed by atoms with Gasteiger partial charge in [-0.3, -0.25) is 4.79 Å². The monoisotopic (exact) mass is 383 g/mol. The Kier molecular flexibility index (Phi) is 4.72. The van der Waals surface area contributed by atoms with E-state index in [1.165, 1.54) is 4.31 Å². The molecule has 2 N–H and O–H groups in total. The molecule has 0 atom stereocenters. The maximum atomic E-state index is 12.5. The fourth-order valence-electron chi connectivity index (χ4n) is 3.33. The van der Waals surface area contributed by atoms with E-state index in [-0.39, 0.29) is 5.91 Å². The Morgan fingerprint density at radius 1 is 1.04 bits per heavy atom. The highest BCUT2D eigenvalue weighted by Crippen LogP contribution is 2.21. The van der Waals surface area contributed by atoms with Gasteiger partial charge in [0, 0.05) is 36.9 Å². The van der Waals surface area contributed by atoms with Crippen LogP contribution in [0.1, 0.15) is 28.8 Å². The lowest BCUT2D eigenvalue weighted by molar-refractivity contribution is 0.0951. The van der Waals surface area contributed by atoms with Crippen LogP contribution in [0.4, 0.5) is 0 Å². The van der Waals surface area contributed by atoms with Crippen LogP contribution in [-0.4, -0.2) is 36.7 Å². The Balaban J connectivity index is 1.41. The quantitative estimate of drug-likeness (QED) is 0.711. The predicted molar refractivity (Wildman–Crippen MR) is 104 cm³/mol. The summed E-state index contributed by atoms with van der Waals surface area (Å²) in [7, 11) is -3.40. The second kappa shape index (κ2) is 7.17. The SMILES string of the molecule is O=C(NCc1ccc(S(=O)(=O)N2CCCC2)cc1)c1ccc2cc[nH]c2c1. The number of nitrogens with zero attached hydrogens (tertiary/aromatic N) is 1. The molecule has 140 valence electrons. The van der Waals surface area contributed by atoms with Gasteiger partial charge in [-0.25, -0.2) is 8.42 Å². The summed E-state index contributed by atoms with van der Waals surface area (Å²) in [6, 6.07) is 14.2. The highest BCUT2D eigenvalue weighted by Gasteiger charge is 2.26. The van der Waals surface area contributed by atoms with Crippen molar-refractivity contribution >= 4 is 26.8 Å². The van der Waals surface area contributed by atoms with Gasteiger partial charge in [-0.1, -0.05) is 18.2 Å². The molecule has 7 heteroatoms. The minimum absolute atomic E-state index is 0.166. The first-order chi connectivity index (χ1) is 13.0. The molecule has 0 spiro atoms. The van der Waals surface area contributed by atoms with Crippen molar-refractivity contribution in [1.82, 2.24) is 14.6 Å². The summed E-state index contributed by atoms with van der Waals surface area (Å²) in [5, 5.41) is 3.93. The smallest absolute Gasteiger partial charge is 0.251 e. The van der Waals surface area contributed by atoms with Gasteiger partial charge >= 0.3 is 0 Å². The molecule has 0 aliphatic carbocycles. The Hall–Kier alpha value is -2.64. The van der Waals surface area contributed by atoms with Gasteiger partial charge in [-0.15, -0.1) is 0 Å². The highest BCUT2D eigenvalue weighted by atomic mass is 32.2. The Morgan fingerprint density at radius 3 is 2.52 bits per heavy atom. The van der Waals surface area contributed by atoms with Crippen molar-refractivity contribution in [2.45, 2.75) is 24.3 Å². The lowest BCUT2D eigenvalue weighted by Gasteiger charge is -2.15. The maximum absolute atomic E-state index is 12.5. The molecule has 1 aliphatic heterocycles. The zero-order chi connectivity index (χ0) is 18.9. The van der Waals surface area contributed by atoms with Crippen LogP contribution >= 0.6 is 0 Å². The summed E-state index contributed by atoms with van der Waals surface area (Å²) in [5.41, 5.74) is 2.35. The van der Waals surface area contributed by atoms with Gasteiger partial charge in [0.25, 0.3) is 5.91 Å². The fourth-order valence-corrected chi connectivity index (χ4v) is 4.85. The summed E-state index contributed by atoms with van der Waals surface area (Å²) < 4.78 is 26.6. The number of aromatic amines is 1. The van der Waals surface area contributed by atoms with Gasteiger partial charge in [0.15, 0.2) is 0 Å². The number of rotatable bonds is 5. The minimum atomic E-state index is -3.40. The lowest BCUT2D eigenvalue weighted by Crippen LogP contribution is -2.28. The first-order valence-electron chi connectivity index (χ1n) is 8.98. The van der Waals surface area contributed by atoms with E-state index in [2.05, 4.69) is 10.3 Å². The molecule has 0 radical (unpaired) electrons. The van der Waals surface area contributed by atoms with E-state index in [1.807, 2.05) is 24.4 Å². The largest absolute Gasteiger partial charge is 0.361 e. The zero-order valence-electron chi connectivity index (χ0n) is 14.8. The number of hydrogen-bond acceptors (Lipinski definition) is 3. The number of nitrogens with one attached hydrogen (secondary N) is 2. The Labute approximate surface area is 158 Å². The molecule has 1 saturated heterocycles. The number of H-pyrrole nitrogens is 1. The van der Waals surface area contributed by atoms with Gasteiger partial charge in [0.05, 0.1) is 4.90 Å². The molecule has 0 bridgehead atoms. The summed E-state index contributed by atoms with van der Waals surface area (Å²) in [6.45, 7) is 1.52. The van der Waals surface area contributed by atoms with Crippen molar-refractivity contribution in [3.05, 3.63) is 65.9 Å². The molecule has 1 aliphatic rings. The third kappa shape index (κ3) is 3.61. The van der Waals surface area contributed by atoms with Gasteiger partial charge in [0.1, 0.15) is 0 Å². The summed E-state index contributed by atoms with van der Waals surface area (Å²) in [6.07, 6.45) is 3.67. The molecule has 3 aromatic rings. The summed E-state index contributed by atoms with van der Waals surface area (Å²) in [4.78, 5) is 15.7. The first-order valence-corrected chi connectivity index (χ1v) is 10.4. The number of benzene rings is 2. The Morgan fingerprint density at radius 2 is 1.78 bits per heavy atom. The van der Waals surface area contributed by atoms with E-state index in [9.17, 15) is 13.2 Å². The van der Waals surface area contributed by atoms with Crippen LogP contribution in [0.15, 0.2) is 59.6 Å². The number of aromatic nitrogens is 1. The van der Waals surface area contributed by atoms with Crippen LogP contribution in [0.2, 0.25) is 0 Å². The molecule has 1 aromatic heterocycles. The lowest BCUT2D eigenvalue weighted by atomic mass is 10.1. The third-order valence-corrected chi connectivity index (χ3v) is 6.81. The van der Waals surface area contributed by atoms with E-state index < -0.39 is 10.0 Å². The number of amides is 1. The predicted octanol–water partition coefficient (Wildman–Crippen LogP) is 2.88. The molecular weight excluding hydrogens is 362 g/mol. The topological polar surface area (TPSA) is 82.3 Å². The molecule has 1 amide bonds. The number of sulfonamides is 1. The summed E-state index contributed by atoms with van der Waals surface area (Å²) in [5.74, 6) is -0.166. The standard InChI is InChI=1S/C20H21N3O3S/c24-20(17-6-5-16-9-10-21-19(16)13-17)22-14-15-3-7-18(8-4-15)27(25,26)23-11-1-2-12-23/h3-10,13,21H,1-2,11-12,14H2,(H,22,24). The normalized spacial score (nSPS) is 15.3. The molecular formula is C20H21N3O3S. The minimum Gasteiger partial charge on any atom is -0.361 e. The van der Waals surface area contributed by atoms with Crippen LogP contribution < -0.4 is 5.32 Å². The number of carbonyl (C=O) groups is 1. The van der Waals surface area contributed by atoms with Crippen LogP contribution in [0, 0.1) is 0 Å². The van der Waals surface area contributed by atoms with Crippen molar-refractivity contribution in [3.8, 4) is 0 Å². The molecule has 0 unspecified atom stereocenters. The molecule has 27 heavy (non-hydrogen) atoms. The highest BCUT2D eigenvalue weighted by molar-refractivity contribution is 7.89. The van der Waals surface area contributed by atoms with Crippen LogP contribution in [0.5, 0.6) is 0 Å². The summed E-state index contributed by atoms with van der Waals surface area (Å²) >= 11 is 0. The number of hydrogen-bond donors (Lipinski definition) is 2. The van der Waals surface area contributed by atoms with Crippen molar-refractivity contribution in [2.75, 3.05) is 13.1 Å². The van der Waals surface area contributed by atoms with Crippen molar-refractivity contribution < 1.29 is 13.2 Å². The van der Waals surface area contributed by atoms with Crippen molar-refractivity contribution in [1.29, 1.82) is 0 Å². The number of fused-ring (bicyclic) bond motifs is 1. The van der Waals surface area contributed by atoms with Crippen LogP contribution in [-0.2, 0) is 16.6 Å². The van der Waals surface area contributed by atoms with E-state index in [0.29, 0.717) is 30.1 Å². The Bertz CT molecular complexity index is 1070. The van der Waals surface area contributed by atoms with Crippen molar-refractivity contribution in [3.63, 3.8) is 0 Å². The van der Waals surface area contributed by atoms with Gasteiger partial charge in [0.2, 0.25) is 10.0 Å². The van der Waals surface area contributed by atoms with Gasteiger partial charge in [-0.05, 0) is 54.1 Å².